The van der Waals surface area contributed by atoms with E-state index in [4.69, 9.17) is 0 Å². The summed E-state index contributed by atoms with van der Waals surface area (Å²) in [5.74, 6) is 0. The minimum Gasteiger partial charge on any atom is -0.313 e. The van der Waals surface area contributed by atoms with Crippen LogP contribution in [0.1, 0.15) is 43.9 Å². The molecule has 0 aromatic heterocycles. The Morgan fingerprint density at radius 2 is 2.12 bits per heavy atom. The van der Waals surface area contributed by atoms with E-state index in [9.17, 15) is 0 Å². The predicted molar refractivity (Wildman–Crippen MR) is 72.7 cm³/mol. The largest absolute Gasteiger partial charge is 0.313 e. The van der Waals surface area contributed by atoms with Gasteiger partial charge in [-0.2, -0.15) is 0 Å². The molecule has 1 unspecified atom stereocenters. The van der Waals surface area contributed by atoms with Gasteiger partial charge in [0.05, 0.1) is 0 Å². The lowest BCUT2D eigenvalue weighted by Gasteiger charge is -2.26. The first kappa shape index (κ1) is 12.1. The van der Waals surface area contributed by atoms with E-state index in [1.807, 2.05) is 0 Å². The van der Waals surface area contributed by atoms with Crippen molar-refractivity contribution in [3.8, 4) is 0 Å². The Balaban J connectivity index is 2.41. The fourth-order valence-electron chi connectivity index (χ4n) is 2.61. The molecule has 1 aromatic carbocycles. The standard InChI is InChI=1S/C14H20BrN/c1-14(2)7-6-10-4-5-11(15)8-12(10)13(9-14)16-3/h4-5,8,13,16H,6-7,9H2,1-3H3. The van der Waals surface area contributed by atoms with Crippen molar-refractivity contribution in [1.29, 1.82) is 0 Å². The molecule has 1 aliphatic carbocycles. The maximum atomic E-state index is 3.57. The molecule has 1 nitrogen and oxygen atoms in total. The van der Waals surface area contributed by atoms with Gasteiger partial charge in [0.1, 0.15) is 0 Å². The number of halogens is 1. The highest BCUT2D eigenvalue weighted by molar-refractivity contribution is 9.10. The second-order valence-corrected chi connectivity index (χ2v) is 6.47. The van der Waals surface area contributed by atoms with Gasteiger partial charge >= 0.3 is 0 Å². The lowest BCUT2D eigenvalue weighted by atomic mass is 9.83. The summed E-state index contributed by atoms with van der Waals surface area (Å²) in [6.45, 7) is 4.75. The molecule has 1 atom stereocenters. The highest BCUT2D eigenvalue weighted by Gasteiger charge is 2.28. The summed E-state index contributed by atoms with van der Waals surface area (Å²) in [6, 6.07) is 7.19. The minimum atomic E-state index is 0.430. The Kier molecular flexibility index (Phi) is 3.41. The summed E-state index contributed by atoms with van der Waals surface area (Å²) in [5, 5.41) is 3.46. The molecule has 0 saturated carbocycles. The fourth-order valence-corrected chi connectivity index (χ4v) is 2.99. The maximum absolute atomic E-state index is 3.57. The van der Waals surface area contributed by atoms with Gasteiger partial charge in [0.25, 0.3) is 0 Å². The molecule has 2 rings (SSSR count). The van der Waals surface area contributed by atoms with Gasteiger partial charge in [-0.15, -0.1) is 0 Å². The number of nitrogens with one attached hydrogen (secondary N) is 1. The van der Waals surface area contributed by atoms with Crippen LogP contribution in [0.3, 0.4) is 0 Å². The Hall–Kier alpha value is -0.340. The third-order valence-corrected chi connectivity index (χ3v) is 4.15. The zero-order valence-corrected chi connectivity index (χ0v) is 11.9. The first-order valence-electron chi connectivity index (χ1n) is 5.97. The van der Waals surface area contributed by atoms with E-state index in [1.54, 1.807) is 0 Å². The van der Waals surface area contributed by atoms with Crippen molar-refractivity contribution >= 4 is 15.9 Å². The smallest absolute Gasteiger partial charge is 0.0325 e. The van der Waals surface area contributed by atoms with Crippen molar-refractivity contribution in [3.05, 3.63) is 33.8 Å². The van der Waals surface area contributed by atoms with Gasteiger partial charge in [-0.1, -0.05) is 35.8 Å². The monoisotopic (exact) mass is 281 g/mol. The van der Waals surface area contributed by atoms with Gasteiger partial charge in [-0.3, -0.25) is 0 Å². The van der Waals surface area contributed by atoms with E-state index < -0.39 is 0 Å². The summed E-state index contributed by atoms with van der Waals surface area (Å²) in [7, 11) is 2.07. The molecule has 0 heterocycles. The topological polar surface area (TPSA) is 12.0 Å². The molecule has 0 amide bonds. The van der Waals surface area contributed by atoms with Gasteiger partial charge in [-0.05, 0) is 55.0 Å². The molecule has 88 valence electrons. The zero-order chi connectivity index (χ0) is 11.8. The van der Waals surface area contributed by atoms with Crippen LogP contribution in [0.5, 0.6) is 0 Å². The number of hydrogen-bond donors (Lipinski definition) is 1. The summed E-state index contributed by atoms with van der Waals surface area (Å²) >= 11 is 3.57. The molecule has 0 bridgehead atoms. The highest BCUT2D eigenvalue weighted by Crippen LogP contribution is 2.39. The van der Waals surface area contributed by atoms with Crippen LogP contribution in [-0.4, -0.2) is 7.05 Å². The van der Waals surface area contributed by atoms with E-state index in [0.717, 1.165) is 0 Å². The van der Waals surface area contributed by atoms with Crippen LogP contribution in [0.25, 0.3) is 0 Å². The van der Waals surface area contributed by atoms with Gasteiger partial charge in [0.15, 0.2) is 0 Å². The van der Waals surface area contributed by atoms with Gasteiger partial charge in [-0.25, -0.2) is 0 Å². The van der Waals surface area contributed by atoms with E-state index in [1.165, 1.54) is 34.9 Å². The van der Waals surface area contributed by atoms with Crippen molar-refractivity contribution in [2.75, 3.05) is 7.05 Å². The second-order valence-electron chi connectivity index (χ2n) is 5.55. The van der Waals surface area contributed by atoms with Gasteiger partial charge < -0.3 is 5.32 Å². The van der Waals surface area contributed by atoms with Crippen LogP contribution >= 0.6 is 15.9 Å². The normalized spacial score (nSPS) is 23.6. The molecule has 0 saturated heterocycles. The molecule has 0 radical (unpaired) electrons. The first-order chi connectivity index (χ1) is 7.52. The Labute approximate surface area is 107 Å². The first-order valence-corrected chi connectivity index (χ1v) is 6.77. The van der Waals surface area contributed by atoms with E-state index in [-0.39, 0.29) is 0 Å². The summed E-state index contributed by atoms with van der Waals surface area (Å²) in [5.41, 5.74) is 3.41. The van der Waals surface area contributed by atoms with Crippen LogP contribution in [0.2, 0.25) is 0 Å². The predicted octanol–water partition coefficient (Wildman–Crippen LogP) is 4.07. The zero-order valence-electron chi connectivity index (χ0n) is 10.3. The second kappa shape index (κ2) is 4.50. The van der Waals surface area contributed by atoms with Crippen molar-refractivity contribution in [3.63, 3.8) is 0 Å². The molecule has 0 aliphatic heterocycles. The molecule has 16 heavy (non-hydrogen) atoms. The average molecular weight is 282 g/mol. The molecular weight excluding hydrogens is 262 g/mol. The van der Waals surface area contributed by atoms with Crippen LogP contribution in [0, 0.1) is 5.41 Å². The minimum absolute atomic E-state index is 0.430. The van der Waals surface area contributed by atoms with E-state index in [0.29, 0.717) is 11.5 Å². The van der Waals surface area contributed by atoms with Crippen LogP contribution in [0.4, 0.5) is 0 Å². The number of rotatable bonds is 1. The summed E-state index contributed by atoms with van der Waals surface area (Å²) < 4.78 is 1.19. The molecule has 0 fully saturated rings. The molecule has 2 heteroatoms. The third-order valence-electron chi connectivity index (χ3n) is 3.66. The van der Waals surface area contributed by atoms with Gasteiger partial charge in [0, 0.05) is 10.5 Å². The van der Waals surface area contributed by atoms with E-state index in [2.05, 4.69) is 60.3 Å². The number of fused-ring (bicyclic) bond motifs is 1. The molecular formula is C14H20BrN. The molecule has 1 aromatic rings. The Bertz CT molecular complexity index is 384. The fraction of sp³-hybridized carbons (Fsp3) is 0.571. The van der Waals surface area contributed by atoms with Crippen molar-refractivity contribution in [1.82, 2.24) is 5.32 Å². The lowest BCUT2D eigenvalue weighted by Crippen LogP contribution is -2.22. The van der Waals surface area contributed by atoms with Crippen molar-refractivity contribution in [2.45, 2.75) is 39.2 Å². The van der Waals surface area contributed by atoms with E-state index >= 15 is 0 Å². The molecule has 1 N–H and O–H groups in total. The third kappa shape index (κ3) is 2.49. The molecule has 0 spiro atoms. The van der Waals surface area contributed by atoms with Crippen LogP contribution < -0.4 is 5.32 Å². The highest BCUT2D eigenvalue weighted by atomic mass is 79.9. The molecule has 1 aliphatic rings. The number of hydrogen-bond acceptors (Lipinski definition) is 1. The average Bonchev–Trinajstić information content (AvgIpc) is 2.36. The van der Waals surface area contributed by atoms with Gasteiger partial charge in [0.2, 0.25) is 0 Å². The maximum Gasteiger partial charge on any atom is 0.0325 e. The van der Waals surface area contributed by atoms with Crippen molar-refractivity contribution < 1.29 is 0 Å². The lowest BCUT2D eigenvalue weighted by molar-refractivity contribution is 0.279. The number of benzene rings is 1. The summed E-state index contributed by atoms with van der Waals surface area (Å²) in [6.07, 6.45) is 3.69. The Morgan fingerprint density at radius 1 is 1.38 bits per heavy atom. The Morgan fingerprint density at radius 3 is 2.81 bits per heavy atom. The van der Waals surface area contributed by atoms with Crippen LogP contribution in [0.15, 0.2) is 22.7 Å². The van der Waals surface area contributed by atoms with Crippen LogP contribution in [-0.2, 0) is 6.42 Å². The van der Waals surface area contributed by atoms with Crippen molar-refractivity contribution in [2.24, 2.45) is 5.41 Å². The quantitative estimate of drug-likeness (QED) is 0.765. The number of aryl methyl sites for hydroxylation is 1. The SMILES string of the molecule is CNC1CC(C)(C)CCc2ccc(Br)cc21. The summed E-state index contributed by atoms with van der Waals surface area (Å²) in [4.78, 5) is 0.